The summed E-state index contributed by atoms with van der Waals surface area (Å²) in [7, 11) is 0. The molecule has 2 aliphatic rings. The van der Waals surface area contributed by atoms with E-state index < -0.39 is 0 Å². The normalized spacial score (nSPS) is 19.7. The van der Waals surface area contributed by atoms with Gasteiger partial charge in [-0.1, -0.05) is 19.3 Å². The standard InChI is InChI=1S/C15H19NO2S/c17-15-10-19-14-8-12(6-7-13(14)16-15)18-9-11-4-2-1-3-5-11/h6-8,11H,1-5,9-10H2,(H,16,17). The SMILES string of the molecule is O=C1CSc2cc(OCC3CCCCC3)ccc2N1. The minimum atomic E-state index is 0.0772. The molecular formula is C15H19NO2S. The highest BCUT2D eigenvalue weighted by atomic mass is 32.2. The van der Waals surface area contributed by atoms with Crippen molar-refractivity contribution in [2.75, 3.05) is 17.7 Å². The number of hydrogen-bond acceptors (Lipinski definition) is 3. The number of hydrogen-bond donors (Lipinski definition) is 1. The second-order valence-corrected chi connectivity index (χ2v) is 6.33. The van der Waals surface area contributed by atoms with Gasteiger partial charge in [0.25, 0.3) is 0 Å². The number of thioether (sulfide) groups is 1. The number of amides is 1. The van der Waals surface area contributed by atoms with E-state index >= 15 is 0 Å². The van der Waals surface area contributed by atoms with Crippen LogP contribution in [0.5, 0.6) is 5.75 Å². The van der Waals surface area contributed by atoms with E-state index in [0.717, 1.165) is 28.9 Å². The van der Waals surface area contributed by atoms with Gasteiger partial charge in [-0.2, -0.15) is 0 Å². The van der Waals surface area contributed by atoms with E-state index in [4.69, 9.17) is 4.74 Å². The van der Waals surface area contributed by atoms with Gasteiger partial charge in [-0.15, -0.1) is 11.8 Å². The molecule has 0 spiro atoms. The van der Waals surface area contributed by atoms with Crippen molar-refractivity contribution in [3.8, 4) is 5.75 Å². The first-order valence-electron chi connectivity index (χ1n) is 7.01. The maximum atomic E-state index is 11.3. The highest BCUT2D eigenvalue weighted by molar-refractivity contribution is 8.00. The lowest BCUT2D eigenvalue weighted by molar-refractivity contribution is -0.113. The molecule has 1 aliphatic heterocycles. The average Bonchev–Trinajstić information content (AvgIpc) is 2.46. The Morgan fingerprint density at radius 1 is 1.26 bits per heavy atom. The molecule has 0 unspecified atom stereocenters. The number of carbonyl (C=O) groups is 1. The van der Waals surface area contributed by atoms with Crippen molar-refractivity contribution in [1.82, 2.24) is 0 Å². The summed E-state index contributed by atoms with van der Waals surface area (Å²) in [5.74, 6) is 2.22. The molecule has 0 atom stereocenters. The number of anilines is 1. The van der Waals surface area contributed by atoms with Crippen molar-refractivity contribution in [1.29, 1.82) is 0 Å². The summed E-state index contributed by atoms with van der Waals surface area (Å²) in [6.07, 6.45) is 6.68. The second kappa shape index (κ2) is 5.87. The molecule has 1 heterocycles. The van der Waals surface area contributed by atoms with E-state index in [1.807, 2.05) is 18.2 Å². The van der Waals surface area contributed by atoms with Crippen molar-refractivity contribution in [3.63, 3.8) is 0 Å². The Morgan fingerprint density at radius 2 is 2.11 bits per heavy atom. The monoisotopic (exact) mass is 277 g/mol. The summed E-state index contributed by atoms with van der Waals surface area (Å²) in [6.45, 7) is 0.829. The third kappa shape index (κ3) is 3.24. The average molecular weight is 277 g/mol. The Labute approximate surface area is 118 Å². The van der Waals surface area contributed by atoms with Crippen LogP contribution in [0.2, 0.25) is 0 Å². The van der Waals surface area contributed by atoms with Gasteiger partial charge in [0.2, 0.25) is 5.91 Å². The van der Waals surface area contributed by atoms with Crippen LogP contribution in [-0.4, -0.2) is 18.3 Å². The maximum absolute atomic E-state index is 11.3. The molecule has 102 valence electrons. The van der Waals surface area contributed by atoms with Crippen LogP contribution in [0.4, 0.5) is 5.69 Å². The first-order chi connectivity index (χ1) is 9.31. The molecule has 0 radical (unpaired) electrons. The maximum Gasteiger partial charge on any atom is 0.234 e. The predicted molar refractivity (Wildman–Crippen MR) is 77.9 cm³/mol. The summed E-state index contributed by atoms with van der Waals surface area (Å²) in [5.41, 5.74) is 0.909. The summed E-state index contributed by atoms with van der Waals surface area (Å²) < 4.78 is 5.91. The molecular weight excluding hydrogens is 258 g/mol. The van der Waals surface area contributed by atoms with E-state index in [2.05, 4.69) is 5.32 Å². The zero-order chi connectivity index (χ0) is 13.1. The summed E-state index contributed by atoms with van der Waals surface area (Å²) in [4.78, 5) is 12.4. The highest BCUT2D eigenvalue weighted by Gasteiger charge is 2.17. The first-order valence-corrected chi connectivity index (χ1v) is 7.99. The zero-order valence-electron chi connectivity index (χ0n) is 11.0. The first kappa shape index (κ1) is 12.9. The quantitative estimate of drug-likeness (QED) is 0.915. The molecule has 3 rings (SSSR count). The van der Waals surface area contributed by atoms with Crippen LogP contribution in [-0.2, 0) is 4.79 Å². The van der Waals surface area contributed by atoms with E-state index in [-0.39, 0.29) is 5.91 Å². The van der Waals surface area contributed by atoms with Crippen LogP contribution in [0.25, 0.3) is 0 Å². The smallest absolute Gasteiger partial charge is 0.234 e. The number of rotatable bonds is 3. The summed E-state index contributed by atoms with van der Waals surface area (Å²) in [6, 6.07) is 5.94. The van der Waals surface area contributed by atoms with Crippen molar-refractivity contribution in [3.05, 3.63) is 18.2 Å². The van der Waals surface area contributed by atoms with Crippen LogP contribution in [0.3, 0.4) is 0 Å². The van der Waals surface area contributed by atoms with Gasteiger partial charge in [0.1, 0.15) is 5.75 Å². The molecule has 1 aromatic rings. The van der Waals surface area contributed by atoms with Crippen molar-refractivity contribution >= 4 is 23.4 Å². The van der Waals surface area contributed by atoms with Crippen LogP contribution in [0.1, 0.15) is 32.1 Å². The minimum Gasteiger partial charge on any atom is -0.493 e. The van der Waals surface area contributed by atoms with Crippen molar-refractivity contribution in [2.45, 2.75) is 37.0 Å². The fourth-order valence-corrected chi connectivity index (χ4v) is 3.55. The van der Waals surface area contributed by atoms with E-state index in [1.54, 1.807) is 11.8 Å². The van der Waals surface area contributed by atoms with Gasteiger partial charge >= 0.3 is 0 Å². The van der Waals surface area contributed by atoms with Crippen LogP contribution in [0, 0.1) is 5.92 Å². The fourth-order valence-electron chi connectivity index (χ4n) is 2.71. The van der Waals surface area contributed by atoms with E-state index in [9.17, 15) is 4.79 Å². The Kier molecular flexibility index (Phi) is 3.97. The molecule has 3 nitrogen and oxygen atoms in total. The van der Waals surface area contributed by atoms with Crippen molar-refractivity contribution in [2.24, 2.45) is 5.92 Å². The second-order valence-electron chi connectivity index (χ2n) is 5.31. The molecule has 0 aromatic heterocycles. The molecule has 19 heavy (non-hydrogen) atoms. The van der Waals surface area contributed by atoms with Gasteiger partial charge < -0.3 is 10.1 Å². The summed E-state index contributed by atoms with van der Waals surface area (Å²) >= 11 is 1.58. The molecule has 0 saturated heterocycles. The molecule has 1 saturated carbocycles. The molecule has 1 N–H and O–H groups in total. The molecule has 1 aromatic carbocycles. The number of ether oxygens (including phenoxy) is 1. The Balaban J connectivity index is 1.60. The molecule has 4 heteroatoms. The molecule has 0 bridgehead atoms. The molecule has 1 amide bonds. The van der Waals surface area contributed by atoms with Gasteiger partial charge in [0.05, 0.1) is 18.0 Å². The van der Waals surface area contributed by atoms with Crippen molar-refractivity contribution < 1.29 is 9.53 Å². The fraction of sp³-hybridized carbons (Fsp3) is 0.533. The number of benzene rings is 1. The minimum absolute atomic E-state index is 0.0772. The Morgan fingerprint density at radius 3 is 2.95 bits per heavy atom. The number of nitrogens with one attached hydrogen (secondary N) is 1. The lowest BCUT2D eigenvalue weighted by Gasteiger charge is -2.22. The topological polar surface area (TPSA) is 38.3 Å². The van der Waals surface area contributed by atoms with Crippen LogP contribution in [0.15, 0.2) is 23.1 Å². The number of carbonyl (C=O) groups excluding carboxylic acids is 1. The highest BCUT2D eigenvalue weighted by Crippen LogP contribution is 2.34. The third-order valence-corrected chi connectivity index (χ3v) is 4.85. The van der Waals surface area contributed by atoms with Gasteiger partial charge in [-0.3, -0.25) is 4.79 Å². The third-order valence-electron chi connectivity index (χ3n) is 3.80. The van der Waals surface area contributed by atoms with Crippen LogP contribution < -0.4 is 10.1 Å². The van der Waals surface area contributed by atoms with Gasteiger partial charge in [0.15, 0.2) is 0 Å². The Hall–Kier alpha value is -1.16. The lowest BCUT2D eigenvalue weighted by Crippen LogP contribution is -2.19. The molecule has 1 fully saturated rings. The largest absolute Gasteiger partial charge is 0.493 e. The summed E-state index contributed by atoms with van der Waals surface area (Å²) in [5, 5.41) is 2.88. The predicted octanol–water partition coefficient (Wildman–Crippen LogP) is 3.69. The lowest BCUT2D eigenvalue weighted by atomic mass is 9.90. The Bertz CT molecular complexity index is 469. The van der Waals surface area contributed by atoms with E-state index in [1.165, 1.54) is 32.1 Å². The number of fused-ring (bicyclic) bond motifs is 1. The van der Waals surface area contributed by atoms with Gasteiger partial charge in [0, 0.05) is 4.90 Å². The van der Waals surface area contributed by atoms with Gasteiger partial charge in [-0.05, 0) is 37.0 Å². The van der Waals surface area contributed by atoms with Gasteiger partial charge in [-0.25, -0.2) is 0 Å². The zero-order valence-corrected chi connectivity index (χ0v) is 11.8. The van der Waals surface area contributed by atoms with E-state index in [0.29, 0.717) is 5.75 Å². The molecule has 1 aliphatic carbocycles. The van der Waals surface area contributed by atoms with Crippen LogP contribution >= 0.6 is 11.8 Å².